The fourth-order valence-corrected chi connectivity index (χ4v) is 4.54. The van der Waals surface area contributed by atoms with Crippen molar-refractivity contribution in [2.24, 2.45) is 0 Å². The van der Waals surface area contributed by atoms with E-state index in [1.165, 1.54) is 10.5 Å². The molecule has 0 saturated heterocycles. The van der Waals surface area contributed by atoms with Gasteiger partial charge in [0.15, 0.2) is 0 Å². The lowest BCUT2D eigenvalue weighted by atomic mass is 9.98. The average molecular weight is 449 g/mol. The molecule has 154 valence electrons. The Labute approximate surface area is 190 Å². The van der Waals surface area contributed by atoms with Crippen LogP contribution in [0, 0.1) is 0 Å². The number of imide groups is 1. The number of nitrogens with zero attached hydrogens (tertiary/aromatic N) is 2. The van der Waals surface area contributed by atoms with Crippen LogP contribution >= 0.6 is 23.2 Å². The fourth-order valence-electron chi connectivity index (χ4n) is 4.22. The number of halogens is 2. The lowest BCUT2D eigenvalue weighted by Gasteiger charge is -2.31. The molecular formula is C25H18Cl2N2O2. The van der Waals surface area contributed by atoms with Crippen molar-refractivity contribution in [2.45, 2.75) is 13.0 Å². The number of rotatable bonds is 3. The number of amides is 2. The summed E-state index contributed by atoms with van der Waals surface area (Å²) in [5.74, 6) is -0.694. The highest BCUT2D eigenvalue weighted by molar-refractivity contribution is 6.45. The van der Waals surface area contributed by atoms with Crippen LogP contribution in [-0.2, 0) is 22.6 Å². The third-order valence-electron chi connectivity index (χ3n) is 5.71. The molecule has 0 bridgehead atoms. The molecule has 0 aromatic heterocycles. The van der Waals surface area contributed by atoms with E-state index in [4.69, 9.17) is 23.2 Å². The first-order valence-electron chi connectivity index (χ1n) is 9.99. The van der Waals surface area contributed by atoms with E-state index in [-0.39, 0.29) is 11.8 Å². The van der Waals surface area contributed by atoms with Crippen molar-refractivity contribution in [1.29, 1.82) is 0 Å². The SMILES string of the molecule is O=C1C(c2ccc(Cl)cc2)=C(N2CCc3ccccc3C2)C(=O)N1c1cccc(Cl)c1. The van der Waals surface area contributed by atoms with Gasteiger partial charge in [-0.1, -0.05) is 65.7 Å². The highest BCUT2D eigenvalue weighted by Gasteiger charge is 2.43. The molecule has 2 aliphatic heterocycles. The van der Waals surface area contributed by atoms with Gasteiger partial charge in [-0.05, 0) is 53.4 Å². The van der Waals surface area contributed by atoms with E-state index in [1.807, 2.05) is 17.0 Å². The number of hydrogen-bond acceptors (Lipinski definition) is 3. The van der Waals surface area contributed by atoms with Gasteiger partial charge in [-0.3, -0.25) is 9.59 Å². The smallest absolute Gasteiger partial charge is 0.282 e. The summed E-state index contributed by atoms with van der Waals surface area (Å²) in [5, 5.41) is 1.03. The van der Waals surface area contributed by atoms with Crippen molar-refractivity contribution in [3.8, 4) is 0 Å². The predicted molar refractivity (Wildman–Crippen MR) is 123 cm³/mol. The van der Waals surface area contributed by atoms with Gasteiger partial charge >= 0.3 is 0 Å². The van der Waals surface area contributed by atoms with Crippen LogP contribution in [0.1, 0.15) is 16.7 Å². The third kappa shape index (κ3) is 3.52. The molecule has 0 aliphatic carbocycles. The number of carbonyl (C=O) groups is 2. The van der Waals surface area contributed by atoms with Gasteiger partial charge in [0.2, 0.25) is 0 Å². The Morgan fingerprint density at radius 3 is 2.23 bits per heavy atom. The molecule has 5 rings (SSSR count). The van der Waals surface area contributed by atoms with Crippen LogP contribution in [0.15, 0.2) is 78.5 Å². The van der Waals surface area contributed by atoms with Gasteiger partial charge in [0.1, 0.15) is 5.70 Å². The largest absolute Gasteiger partial charge is 0.362 e. The van der Waals surface area contributed by atoms with Crippen molar-refractivity contribution in [3.05, 3.63) is 105 Å². The van der Waals surface area contributed by atoms with Crippen LogP contribution in [0.4, 0.5) is 5.69 Å². The summed E-state index contributed by atoms with van der Waals surface area (Å²) in [6.45, 7) is 1.23. The highest BCUT2D eigenvalue weighted by atomic mass is 35.5. The second-order valence-electron chi connectivity index (χ2n) is 7.60. The van der Waals surface area contributed by atoms with Gasteiger partial charge in [0.05, 0.1) is 11.3 Å². The maximum Gasteiger partial charge on any atom is 0.282 e. The van der Waals surface area contributed by atoms with Gasteiger partial charge in [-0.2, -0.15) is 0 Å². The van der Waals surface area contributed by atoms with Crippen molar-refractivity contribution in [3.63, 3.8) is 0 Å². The molecule has 0 spiro atoms. The molecule has 0 atom stereocenters. The molecule has 2 aliphatic rings. The molecule has 4 nitrogen and oxygen atoms in total. The molecule has 3 aromatic carbocycles. The lowest BCUT2D eigenvalue weighted by molar-refractivity contribution is -0.120. The Morgan fingerprint density at radius 1 is 0.742 bits per heavy atom. The maximum atomic E-state index is 13.6. The number of carbonyl (C=O) groups excluding carboxylic acids is 2. The van der Waals surface area contributed by atoms with Gasteiger partial charge < -0.3 is 4.90 Å². The van der Waals surface area contributed by atoms with Crippen LogP contribution in [0.2, 0.25) is 10.0 Å². The molecule has 31 heavy (non-hydrogen) atoms. The molecule has 0 unspecified atom stereocenters. The van der Waals surface area contributed by atoms with Gasteiger partial charge in [-0.25, -0.2) is 4.90 Å². The molecule has 0 saturated carbocycles. The van der Waals surface area contributed by atoms with E-state index in [2.05, 4.69) is 12.1 Å². The summed E-state index contributed by atoms with van der Waals surface area (Å²) >= 11 is 12.2. The fraction of sp³-hybridized carbons (Fsp3) is 0.120. The monoisotopic (exact) mass is 448 g/mol. The quantitative estimate of drug-likeness (QED) is 0.507. The normalized spacial score (nSPS) is 16.2. The van der Waals surface area contributed by atoms with Crippen LogP contribution < -0.4 is 4.90 Å². The summed E-state index contributed by atoms with van der Waals surface area (Å²) in [4.78, 5) is 30.4. The first-order valence-corrected chi connectivity index (χ1v) is 10.7. The topological polar surface area (TPSA) is 40.6 Å². The van der Waals surface area contributed by atoms with Crippen LogP contribution in [0.3, 0.4) is 0 Å². The summed E-state index contributed by atoms with van der Waals surface area (Å²) < 4.78 is 0. The van der Waals surface area contributed by atoms with Crippen LogP contribution in [0.25, 0.3) is 5.57 Å². The van der Waals surface area contributed by atoms with Crippen molar-refractivity contribution < 1.29 is 9.59 Å². The van der Waals surface area contributed by atoms with E-state index in [1.54, 1.807) is 48.5 Å². The minimum atomic E-state index is -0.358. The Morgan fingerprint density at radius 2 is 1.48 bits per heavy atom. The number of hydrogen-bond donors (Lipinski definition) is 0. The number of anilines is 1. The highest BCUT2D eigenvalue weighted by Crippen LogP contribution is 2.37. The van der Waals surface area contributed by atoms with E-state index in [9.17, 15) is 9.59 Å². The molecular weight excluding hydrogens is 431 g/mol. The zero-order chi connectivity index (χ0) is 21.5. The first kappa shape index (κ1) is 19.9. The third-order valence-corrected chi connectivity index (χ3v) is 6.19. The van der Waals surface area contributed by atoms with Gasteiger partial charge in [0, 0.05) is 23.1 Å². The zero-order valence-corrected chi connectivity index (χ0v) is 18.0. The lowest BCUT2D eigenvalue weighted by Crippen LogP contribution is -2.37. The first-order chi connectivity index (χ1) is 15.0. The molecule has 3 aromatic rings. The Kier molecular flexibility index (Phi) is 5.05. The molecule has 2 heterocycles. The van der Waals surface area contributed by atoms with Crippen molar-refractivity contribution in [2.75, 3.05) is 11.4 Å². The summed E-state index contributed by atoms with van der Waals surface area (Å²) in [7, 11) is 0. The van der Waals surface area contributed by atoms with Crippen molar-refractivity contribution >= 4 is 46.3 Å². The molecule has 2 amide bonds. The predicted octanol–water partition coefficient (Wildman–Crippen LogP) is 5.34. The van der Waals surface area contributed by atoms with Gasteiger partial charge in [0.25, 0.3) is 11.8 Å². The summed E-state index contributed by atoms with van der Waals surface area (Å²) in [6, 6.07) is 22.0. The molecule has 0 radical (unpaired) electrons. The minimum absolute atomic E-state index is 0.336. The van der Waals surface area contributed by atoms with Gasteiger partial charge in [-0.15, -0.1) is 0 Å². The van der Waals surface area contributed by atoms with E-state index in [0.29, 0.717) is 45.7 Å². The van der Waals surface area contributed by atoms with Crippen LogP contribution in [-0.4, -0.2) is 23.3 Å². The van der Waals surface area contributed by atoms with Crippen LogP contribution in [0.5, 0.6) is 0 Å². The summed E-state index contributed by atoms with van der Waals surface area (Å²) in [6.07, 6.45) is 0.812. The summed E-state index contributed by atoms with van der Waals surface area (Å²) in [5.41, 5.74) is 4.37. The maximum absolute atomic E-state index is 13.6. The minimum Gasteiger partial charge on any atom is -0.362 e. The number of benzene rings is 3. The average Bonchev–Trinajstić information content (AvgIpc) is 3.04. The second-order valence-corrected chi connectivity index (χ2v) is 8.47. The number of fused-ring (bicyclic) bond motifs is 1. The van der Waals surface area contributed by atoms with E-state index >= 15 is 0 Å². The molecule has 6 heteroatoms. The second kappa shape index (κ2) is 7.88. The molecule has 0 fully saturated rings. The molecule has 0 N–H and O–H groups in total. The van der Waals surface area contributed by atoms with Crippen molar-refractivity contribution in [1.82, 2.24) is 4.90 Å². The van der Waals surface area contributed by atoms with E-state index in [0.717, 1.165) is 12.0 Å². The Bertz CT molecular complexity index is 1230. The van der Waals surface area contributed by atoms with E-state index < -0.39 is 0 Å². The zero-order valence-electron chi connectivity index (χ0n) is 16.5. The standard InChI is InChI=1S/C25H18Cl2N2O2/c26-19-10-8-17(9-11-19)22-23(28-13-12-16-4-1-2-5-18(16)15-28)25(31)29(24(22)30)21-7-3-6-20(27)14-21/h1-11,14H,12-13,15H2. The Hall–Kier alpha value is -3.08. The Balaban J connectivity index is 1.63.